The van der Waals surface area contributed by atoms with Crippen molar-refractivity contribution < 1.29 is 0 Å². The van der Waals surface area contributed by atoms with Crippen LogP contribution in [-0.4, -0.2) is 21.2 Å². The van der Waals surface area contributed by atoms with Gasteiger partial charge in [0.2, 0.25) is 0 Å². The summed E-state index contributed by atoms with van der Waals surface area (Å²) in [6.07, 6.45) is 0. The van der Waals surface area contributed by atoms with Crippen LogP contribution < -0.4 is 0 Å². The van der Waals surface area contributed by atoms with Gasteiger partial charge >= 0.3 is 0 Å². The summed E-state index contributed by atoms with van der Waals surface area (Å²) in [5, 5.41) is 6.57. The van der Waals surface area contributed by atoms with Crippen LogP contribution in [0.4, 0.5) is 0 Å². The molecule has 98 valence electrons. The summed E-state index contributed by atoms with van der Waals surface area (Å²) in [7, 11) is 2.01. The molecule has 0 aliphatic carbocycles. The maximum absolute atomic E-state index is 4.44. The Kier molecular flexibility index (Phi) is 4.59. The highest BCUT2D eigenvalue weighted by molar-refractivity contribution is 9.10. The molecular formula is C13H18BrN3S. The van der Waals surface area contributed by atoms with Crippen LogP contribution in [0, 0.1) is 6.92 Å². The second kappa shape index (κ2) is 5.99. The van der Waals surface area contributed by atoms with Gasteiger partial charge in [-0.25, -0.2) is 0 Å². The fourth-order valence-electron chi connectivity index (χ4n) is 1.97. The van der Waals surface area contributed by atoms with Gasteiger partial charge in [-0.05, 0) is 40.8 Å². The van der Waals surface area contributed by atoms with Gasteiger partial charge in [-0.1, -0.05) is 13.0 Å². The number of aromatic nitrogens is 2. The summed E-state index contributed by atoms with van der Waals surface area (Å²) >= 11 is 5.44. The Morgan fingerprint density at radius 2 is 2.22 bits per heavy atom. The van der Waals surface area contributed by atoms with Crippen molar-refractivity contribution in [3.05, 3.63) is 38.3 Å². The lowest BCUT2D eigenvalue weighted by molar-refractivity contribution is 0.266. The zero-order valence-corrected chi connectivity index (χ0v) is 13.4. The van der Waals surface area contributed by atoms with Crippen LogP contribution in [0.15, 0.2) is 22.0 Å². The molecule has 3 nitrogen and oxygen atoms in total. The average Bonchev–Trinajstić information content (AvgIpc) is 2.92. The van der Waals surface area contributed by atoms with Crippen molar-refractivity contribution in [2.75, 3.05) is 6.54 Å². The van der Waals surface area contributed by atoms with Gasteiger partial charge in [0, 0.05) is 25.0 Å². The molecule has 0 bridgehead atoms. The minimum Gasteiger partial charge on any atom is -0.293 e. The molecule has 0 saturated heterocycles. The van der Waals surface area contributed by atoms with Gasteiger partial charge in [-0.3, -0.25) is 9.58 Å². The third-order valence-corrected chi connectivity index (χ3v) is 4.93. The normalized spacial score (nSPS) is 11.4. The van der Waals surface area contributed by atoms with E-state index in [4.69, 9.17) is 0 Å². The molecule has 2 aromatic heterocycles. The molecule has 0 unspecified atom stereocenters. The fraction of sp³-hybridized carbons (Fsp3) is 0.462. The first-order valence-corrected chi connectivity index (χ1v) is 7.71. The quantitative estimate of drug-likeness (QED) is 0.837. The first kappa shape index (κ1) is 13.8. The van der Waals surface area contributed by atoms with Crippen LogP contribution in [0.2, 0.25) is 0 Å². The first-order chi connectivity index (χ1) is 8.61. The fourth-order valence-corrected chi connectivity index (χ4v) is 3.17. The molecule has 0 saturated carbocycles. The summed E-state index contributed by atoms with van der Waals surface area (Å²) in [5.41, 5.74) is 2.30. The molecule has 0 aliphatic heterocycles. The van der Waals surface area contributed by atoms with Crippen molar-refractivity contribution in [2.45, 2.75) is 26.9 Å². The van der Waals surface area contributed by atoms with Gasteiger partial charge in [0.1, 0.15) is 0 Å². The lowest BCUT2D eigenvalue weighted by Crippen LogP contribution is -2.23. The van der Waals surface area contributed by atoms with E-state index in [1.807, 2.05) is 30.0 Å². The number of hydrogen-bond acceptors (Lipinski definition) is 3. The number of hydrogen-bond donors (Lipinski definition) is 0. The molecule has 5 heteroatoms. The maximum Gasteiger partial charge on any atom is 0.0739 e. The first-order valence-electron chi connectivity index (χ1n) is 6.04. The molecule has 0 aliphatic rings. The molecule has 0 spiro atoms. The Balaban J connectivity index is 2.10. The van der Waals surface area contributed by atoms with Crippen molar-refractivity contribution in [3.63, 3.8) is 0 Å². The lowest BCUT2D eigenvalue weighted by Gasteiger charge is -2.19. The van der Waals surface area contributed by atoms with Crippen LogP contribution in [0.5, 0.6) is 0 Å². The van der Waals surface area contributed by atoms with E-state index in [0.29, 0.717) is 0 Å². The van der Waals surface area contributed by atoms with E-state index in [1.54, 1.807) is 0 Å². The average molecular weight is 328 g/mol. The zero-order valence-electron chi connectivity index (χ0n) is 11.0. The Bertz CT molecular complexity index is 505. The van der Waals surface area contributed by atoms with Crippen molar-refractivity contribution in [1.29, 1.82) is 0 Å². The summed E-state index contributed by atoms with van der Waals surface area (Å²) in [6.45, 7) is 7.19. The van der Waals surface area contributed by atoms with Crippen LogP contribution in [0.3, 0.4) is 0 Å². The second-order valence-corrected chi connectivity index (χ2v) is 6.18. The standard InChI is InChI=1S/C13H18BrN3S/c1-4-17(8-11-6-5-7-18-11)9-12-13(14)10(2)15-16(12)3/h5-7H,4,8-9H2,1-3H3. The van der Waals surface area contributed by atoms with Gasteiger partial charge in [0.25, 0.3) is 0 Å². The highest BCUT2D eigenvalue weighted by Gasteiger charge is 2.14. The van der Waals surface area contributed by atoms with Crippen LogP contribution in [0.1, 0.15) is 23.2 Å². The van der Waals surface area contributed by atoms with E-state index in [-0.39, 0.29) is 0 Å². The SMILES string of the molecule is CCN(Cc1cccs1)Cc1c(Br)c(C)nn1C. The summed E-state index contributed by atoms with van der Waals surface area (Å²) in [5.74, 6) is 0. The summed E-state index contributed by atoms with van der Waals surface area (Å²) in [4.78, 5) is 3.83. The molecule has 2 rings (SSSR count). The Morgan fingerprint density at radius 1 is 1.44 bits per heavy atom. The smallest absolute Gasteiger partial charge is 0.0739 e. The van der Waals surface area contributed by atoms with Crippen molar-refractivity contribution >= 4 is 27.3 Å². The number of halogens is 1. The highest BCUT2D eigenvalue weighted by atomic mass is 79.9. The van der Waals surface area contributed by atoms with Crippen molar-refractivity contribution in [1.82, 2.24) is 14.7 Å². The maximum atomic E-state index is 4.44. The van der Waals surface area contributed by atoms with E-state index in [1.165, 1.54) is 10.6 Å². The van der Waals surface area contributed by atoms with E-state index in [2.05, 4.69) is 50.4 Å². The molecule has 0 amide bonds. The van der Waals surface area contributed by atoms with Crippen molar-refractivity contribution in [3.8, 4) is 0 Å². The second-order valence-electron chi connectivity index (χ2n) is 4.35. The van der Waals surface area contributed by atoms with Gasteiger partial charge < -0.3 is 0 Å². The number of nitrogens with zero attached hydrogens (tertiary/aromatic N) is 3. The Morgan fingerprint density at radius 3 is 2.72 bits per heavy atom. The number of aryl methyl sites for hydroxylation is 2. The molecule has 0 atom stereocenters. The molecular weight excluding hydrogens is 310 g/mol. The predicted octanol–water partition coefficient (Wildman–Crippen LogP) is 3.57. The topological polar surface area (TPSA) is 21.1 Å². The monoisotopic (exact) mass is 327 g/mol. The van der Waals surface area contributed by atoms with Gasteiger partial charge in [-0.2, -0.15) is 5.10 Å². The largest absolute Gasteiger partial charge is 0.293 e. The molecule has 2 heterocycles. The third-order valence-electron chi connectivity index (χ3n) is 3.04. The van der Waals surface area contributed by atoms with Gasteiger partial charge in [0.15, 0.2) is 0 Å². The molecule has 2 aromatic rings. The molecule has 18 heavy (non-hydrogen) atoms. The van der Waals surface area contributed by atoms with E-state index >= 15 is 0 Å². The summed E-state index contributed by atoms with van der Waals surface area (Å²) in [6, 6.07) is 4.30. The minimum atomic E-state index is 0.923. The number of thiophene rings is 1. The Labute approximate surface area is 121 Å². The zero-order chi connectivity index (χ0) is 13.1. The predicted molar refractivity (Wildman–Crippen MR) is 79.8 cm³/mol. The molecule has 0 aromatic carbocycles. The summed E-state index contributed by atoms with van der Waals surface area (Å²) < 4.78 is 3.10. The van der Waals surface area contributed by atoms with Crippen molar-refractivity contribution in [2.24, 2.45) is 7.05 Å². The van der Waals surface area contributed by atoms with Crippen LogP contribution >= 0.6 is 27.3 Å². The van der Waals surface area contributed by atoms with Gasteiger partial charge in [-0.15, -0.1) is 11.3 Å². The van der Waals surface area contributed by atoms with E-state index < -0.39 is 0 Å². The van der Waals surface area contributed by atoms with E-state index in [0.717, 1.165) is 29.8 Å². The third kappa shape index (κ3) is 3.02. The number of rotatable bonds is 5. The van der Waals surface area contributed by atoms with Crippen LogP contribution in [-0.2, 0) is 20.1 Å². The minimum absolute atomic E-state index is 0.923. The highest BCUT2D eigenvalue weighted by Crippen LogP contribution is 2.22. The Hall–Kier alpha value is -0.650. The molecule has 0 radical (unpaired) electrons. The molecule has 0 fully saturated rings. The van der Waals surface area contributed by atoms with E-state index in [9.17, 15) is 0 Å². The lowest BCUT2D eigenvalue weighted by atomic mass is 10.3. The van der Waals surface area contributed by atoms with Crippen LogP contribution in [0.25, 0.3) is 0 Å². The molecule has 0 N–H and O–H groups in total. The van der Waals surface area contributed by atoms with Gasteiger partial charge in [0.05, 0.1) is 15.9 Å².